The Morgan fingerprint density at radius 3 is 2.50 bits per heavy atom. The van der Waals surface area contributed by atoms with Crippen LogP contribution < -0.4 is 15.8 Å². The number of primary sulfonamides is 1. The lowest BCUT2D eigenvalue weighted by atomic mass is 10.2. The Kier molecular flexibility index (Phi) is 6.16. The SMILES string of the molecule is NS(=O)(=O)c1ccc(NC(=S)Nc2ncn(Cc3ccc(Cl)cc3Cl)n2)cc1. The molecule has 0 aliphatic heterocycles. The van der Waals surface area contributed by atoms with Gasteiger partial charge in [0.2, 0.25) is 16.0 Å². The molecule has 0 saturated heterocycles. The van der Waals surface area contributed by atoms with E-state index in [2.05, 4.69) is 20.7 Å². The fraction of sp³-hybridized carbons (Fsp3) is 0.0625. The van der Waals surface area contributed by atoms with E-state index < -0.39 is 10.0 Å². The second-order valence-corrected chi connectivity index (χ2v) is 8.46. The summed E-state index contributed by atoms with van der Waals surface area (Å²) in [5.74, 6) is 0.295. The van der Waals surface area contributed by atoms with Crippen molar-refractivity contribution in [1.29, 1.82) is 0 Å². The lowest BCUT2D eigenvalue weighted by molar-refractivity contribution is 0.598. The zero-order valence-corrected chi connectivity index (χ0v) is 17.3. The predicted molar refractivity (Wildman–Crippen MR) is 113 cm³/mol. The van der Waals surface area contributed by atoms with E-state index in [9.17, 15) is 8.42 Å². The molecule has 0 aliphatic carbocycles. The van der Waals surface area contributed by atoms with Crippen molar-refractivity contribution in [3.63, 3.8) is 0 Å². The first-order valence-corrected chi connectivity index (χ1v) is 10.5. The molecule has 0 atom stereocenters. The summed E-state index contributed by atoms with van der Waals surface area (Å²) < 4.78 is 24.1. The van der Waals surface area contributed by atoms with Crippen LogP contribution in [0.1, 0.15) is 5.56 Å². The molecule has 0 amide bonds. The number of anilines is 2. The number of nitrogens with zero attached hydrogens (tertiary/aromatic N) is 3. The minimum atomic E-state index is -3.74. The molecule has 0 bridgehead atoms. The first-order chi connectivity index (χ1) is 13.2. The molecule has 12 heteroatoms. The lowest BCUT2D eigenvalue weighted by Crippen LogP contribution is -2.20. The zero-order chi connectivity index (χ0) is 20.3. The average molecular weight is 457 g/mol. The van der Waals surface area contributed by atoms with Gasteiger partial charge in [0, 0.05) is 15.7 Å². The molecular weight excluding hydrogens is 443 g/mol. The van der Waals surface area contributed by atoms with Crippen LogP contribution in [0.5, 0.6) is 0 Å². The van der Waals surface area contributed by atoms with Gasteiger partial charge in [-0.15, -0.1) is 5.10 Å². The predicted octanol–water partition coefficient (Wildman–Crippen LogP) is 3.09. The quantitative estimate of drug-likeness (QED) is 0.505. The van der Waals surface area contributed by atoms with Gasteiger partial charge in [-0.2, -0.15) is 0 Å². The number of aromatic nitrogens is 3. The van der Waals surface area contributed by atoms with Crippen LogP contribution in [0.25, 0.3) is 0 Å². The van der Waals surface area contributed by atoms with E-state index in [4.69, 9.17) is 40.6 Å². The molecule has 1 aromatic heterocycles. The van der Waals surface area contributed by atoms with Gasteiger partial charge in [-0.25, -0.2) is 23.2 Å². The Hall–Kier alpha value is -2.24. The van der Waals surface area contributed by atoms with E-state index in [1.54, 1.807) is 28.9 Å². The van der Waals surface area contributed by atoms with Crippen LogP contribution in [0.4, 0.5) is 11.6 Å². The highest BCUT2D eigenvalue weighted by Gasteiger charge is 2.09. The number of thiocarbonyl (C=S) groups is 1. The van der Waals surface area contributed by atoms with Crippen molar-refractivity contribution in [3.8, 4) is 0 Å². The zero-order valence-electron chi connectivity index (χ0n) is 14.1. The summed E-state index contributed by atoms with van der Waals surface area (Å²) in [5.41, 5.74) is 1.43. The molecule has 3 rings (SSSR count). The van der Waals surface area contributed by atoms with Gasteiger partial charge in [0.25, 0.3) is 0 Å². The summed E-state index contributed by atoms with van der Waals surface area (Å²) in [6.45, 7) is 0.417. The van der Waals surface area contributed by atoms with Crippen LogP contribution >= 0.6 is 35.4 Å². The maximum absolute atomic E-state index is 11.3. The third kappa shape index (κ3) is 5.40. The van der Waals surface area contributed by atoms with E-state index in [1.165, 1.54) is 18.5 Å². The summed E-state index contributed by atoms with van der Waals surface area (Å²) in [6.07, 6.45) is 1.54. The van der Waals surface area contributed by atoms with Gasteiger partial charge in [0.1, 0.15) is 6.33 Å². The summed E-state index contributed by atoms with van der Waals surface area (Å²) in [7, 11) is -3.74. The summed E-state index contributed by atoms with van der Waals surface area (Å²) >= 11 is 17.3. The van der Waals surface area contributed by atoms with Crippen LogP contribution in [-0.2, 0) is 16.6 Å². The highest BCUT2D eigenvalue weighted by Crippen LogP contribution is 2.21. The monoisotopic (exact) mass is 456 g/mol. The van der Waals surface area contributed by atoms with E-state index in [0.29, 0.717) is 28.2 Å². The van der Waals surface area contributed by atoms with E-state index >= 15 is 0 Å². The fourth-order valence-corrected chi connectivity index (χ4v) is 3.44. The Morgan fingerprint density at radius 1 is 1.14 bits per heavy atom. The molecule has 0 aliphatic rings. The topological polar surface area (TPSA) is 115 Å². The molecule has 0 radical (unpaired) electrons. The summed E-state index contributed by atoms with van der Waals surface area (Å²) in [4.78, 5) is 4.15. The van der Waals surface area contributed by atoms with Crippen LogP contribution in [0.2, 0.25) is 10.0 Å². The number of hydrogen-bond acceptors (Lipinski definition) is 5. The minimum Gasteiger partial charge on any atom is -0.332 e. The maximum atomic E-state index is 11.3. The fourth-order valence-electron chi connectivity index (χ4n) is 2.24. The van der Waals surface area contributed by atoms with Crippen molar-refractivity contribution in [2.75, 3.05) is 10.6 Å². The van der Waals surface area contributed by atoms with Crippen LogP contribution in [0, 0.1) is 0 Å². The Labute approximate surface area is 176 Å². The first-order valence-electron chi connectivity index (χ1n) is 7.75. The van der Waals surface area contributed by atoms with Crippen LogP contribution in [-0.4, -0.2) is 28.3 Å². The smallest absolute Gasteiger partial charge is 0.248 e. The number of nitrogens with one attached hydrogen (secondary N) is 2. The third-order valence-corrected chi connectivity index (χ3v) is 5.27. The van der Waals surface area contributed by atoms with Gasteiger partial charge >= 0.3 is 0 Å². The maximum Gasteiger partial charge on any atom is 0.248 e. The molecule has 3 aromatic rings. The van der Waals surface area contributed by atoms with Gasteiger partial charge in [-0.3, -0.25) is 5.32 Å². The minimum absolute atomic E-state index is 0.0122. The molecule has 1 heterocycles. The van der Waals surface area contributed by atoms with E-state index in [0.717, 1.165) is 5.56 Å². The van der Waals surface area contributed by atoms with E-state index in [1.807, 2.05) is 6.07 Å². The van der Waals surface area contributed by atoms with Crippen molar-refractivity contribution in [3.05, 3.63) is 64.4 Å². The van der Waals surface area contributed by atoms with Crippen molar-refractivity contribution in [2.45, 2.75) is 11.4 Å². The van der Waals surface area contributed by atoms with Crippen molar-refractivity contribution < 1.29 is 8.42 Å². The normalized spacial score (nSPS) is 11.2. The molecular formula is C16H14Cl2N6O2S2. The first kappa shape index (κ1) is 20.5. The lowest BCUT2D eigenvalue weighted by Gasteiger charge is -2.08. The Morgan fingerprint density at radius 2 is 1.86 bits per heavy atom. The molecule has 8 nitrogen and oxygen atoms in total. The van der Waals surface area contributed by atoms with Crippen LogP contribution in [0.3, 0.4) is 0 Å². The number of nitrogens with two attached hydrogens (primary N) is 1. The molecule has 0 fully saturated rings. The number of rotatable bonds is 5. The number of halogens is 2. The summed E-state index contributed by atoms with van der Waals surface area (Å²) in [5, 5.41) is 16.4. The van der Waals surface area contributed by atoms with Crippen molar-refractivity contribution in [1.82, 2.24) is 14.8 Å². The second-order valence-electron chi connectivity index (χ2n) is 5.65. The third-order valence-electron chi connectivity index (χ3n) is 3.55. The largest absolute Gasteiger partial charge is 0.332 e. The highest BCUT2D eigenvalue weighted by molar-refractivity contribution is 7.89. The summed E-state index contributed by atoms with van der Waals surface area (Å²) in [6, 6.07) is 11.1. The highest BCUT2D eigenvalue weighted by atomic mass is 35.5. The van der Waals surface area contributed by atoms with Crippen LogP contribution in [0.15, 0.2) is 53.7 Å². The van der Waals surface area contributed by atoms with Gasteiger partial charge in [0.05, 0.1) is 11.4 Å². The molecule has 0 spiro atoms. The second kappa shape index (κ2) is 8.41. The van der Waals surface area contributed by atoms with Crippen molar-refractivity contribution >= 4 is 62.2 Å². The Balaban J connectivity index is 1.60. The molecule has 2 aromatic carbocycles. The number of sulfonamides is 1. The van der Waals surface area contributed by atoms with Crippen molar-refractivity contribution in [2.24, 2.45) is 5.14 Å². The van der Waals surface area contributed by atoms with Gasteiger partial charge in [-0.1, -0.05) is 29.3 Å². The molecule has 146 valence electrons. The van der Waals surface area contributed by atoms with E-state index in [-0.39, 0.29) is 10.0 Å². The van der Waals surface area contributed by atoms with Gasteiger partial charge in [-0.05, 0) is 54.2 Å². The molecule has 4 N–H and O–H groups in total. The van der Waals surface area contributed by atoms with Gasteiger partial charge in [0.15, 0.2) is 5.11 Å². The molecule has 0 saturated carbocycles. The average Bonchev–Trinajstić information content (AvgIpc) is 3.04. The number of hydrogen-bond donors (Lipinski definition) is 3. The molecule has 28 heavy (non-hydrogen) atoms. The molecule has 0 unspecified atom stereocenters. The van der Waals surface area contributed by atoms with Gasteiger partial charge < -0.3 is 5.32 Å². The Bertz CT molecular complexity index is 1120. The number of benzene rings is 2. The standard InChI is InChI=1S/C16H14Cl2N6O2S2/c17-11-2-1-10(14(18)7-11)8-24-9-20-15(23-24)22-16(27)21-12-3-5-13(6-4-12)28(19,25)26/h1-7,9H,8H2,(H2,19,25,26)(H2,21,22,23,27).